The second-order valence-corrected chi connectivity index (χ2v) is 8.29. The van der Waals surface area contributed by atoms with Crippen molar-refractivity contribution in [3.05, 3.63) is 41.5 Å². The van der Waals surface area contributed by atoms with Gasteiger partial charge in [-0.15, -0.1) is 6.58 Å². The summed E-state index contributed by atoms with van der Waals surface area (Å²) in [5.74, 6) is 3.82. The lowest BCUT2D eigenvalue weighted by Gasteiger charge is -2.37. The largest absolute Gasteiger partial charge is 0.490 e. The van der Waals surface area contributed by atoms with Crippen molar-refractivity contribution in [3.8, 4) is 5.75 Å². The van der Waals surface area contributed by atoms with Crippen LogP contribution in [0.4, 0.5) is 0 Å². The van der Waals surface area contributed by atoms with Crippen molar-refractivity contribution >= 4 is 0 Å². The van der Waals surface area contributed by atoms with Gasteiger partial charge in [-0.1, -0.05) is 23.8 Å². The van der Waals surface area contributed by atoms with Gasteiger partial charge in [0.05, 0.1) is 6.10 Å². The van der Waals surface area contributed by atoms with Crippen LogP contribution in [0.5, 0.6) is 5.75 Å². The highest BCUT2D eigenvalue weighted by Gasteiger charge is 2.31. The van der Waals surface area contributed by atoms with Crippen LogP contribution < -0.4 is 4.74 Å². The van der Waals surface area contributed by atoms with Gasteiger partial charge in [0.15, 0.2) is 0 Å². The van der Waals surface area contributed by atoms with Crippen molar-refractivity contribution in [2.75, 3.05) is 0 Å². The van der Waals surface area contributed by atoms with Crippen LogP contribution in [0.3, 0.4) is 0 Å². The molecule has 0 aliphatic heterocycles. The Balaban J connectivity index is 1.52. The number of hydrogen-bond acceptors (Lipinski definition) is 1. The summed E-state index contributed by atoms with van der Waals surface area (Å²) in [6, 6.07) is 4.48. The minimum absolute atomic E-state index is 0.422. The molecule has 24 heavy (non-hydrogen) atoms. The van der Waals surface area contributed by atoms with Crippen LogP contribution in [0, 0.1) is 38.5 Å². The molecule has 1 aromatic rings. The molecule has 0 N–H and O–H groups in total. The van der Waals surface area contributed by atoms with Crippen LogP contribution in [0.2, 0.25) is 0 Å². The van der Waals surface area contributed by atoms with E-state index in [4.69, 9.17) is 4.74 Å². The molecule has 0 atom stereocenters. The number of allylic oxidation sites excluding steroid dienone is 1. The molecule has 2 aliphatic rings. The van der Waals surface area contributed by atoms with Gasteiger partial charge in [-0.3, -0.25) is 0 Å². The third-order valence-corrected chi connectivity index (χ3v) is 6.42. The van der Waals surface area contributed by atoms with Crippen molar-refractivity contribution < 1.29 is 4.74 Å². The Kier molecular flexibility index (Phi) is 5.69. The highest BCUT2D eigenvalue weighted by molar-refractivity contribution is 5.43. The first-order valence-electron chi connectivity index (χ1n) is 9.94. The van der Waals surface area contributed by atoms with E-state index >= 15 is 0 Å². The van der Waals surface area contributed by atoms with Crippen molar-refractivity contribution in [1.82, 2.24) is 0 Å². The van der Waals surface area contributed by atoms with Crippen molar-refractivity contribution in [2.45, 2.75) is 78.2 Å². The molecule has 2 saturated carbocycles. The SMILES string of the molecule is C=CC1CCC(C2CCC(Oc3c(C)cc(C)cc3C)CC2)CC1. The van der Waals surface area contributed by atoms with Crippen LogP contribution in [-0.4, -0.2) is 6.10 Å². The molecule has 0 saturated heterocycles. The fraction of sp³-hybridized carbons (Fsp3) is 0.652. The maximum Gasteiger partial charge on any atom is 0.125 e. The number of rotatable bonds is 4. The Morgan fingerprint density at radius 2 is 1.33 bits per heavy atom. The molecule has 1 aromatic carbocycles. The summed E-state index contributed by atoms with van der Waals surface area (Å²) in [4.78, 5) is 0. The van der Waals surface area contributed by atoms with Gasteiger partial charge in [0.1, 0.15) is 5.75 Å². The number of benzene rings is 1. The molecule has 2 fully saturated rings. The van der Waals surface area contributed by atoms with Crippen LogP contribution >= 0.6 is 0 Å². The molecule has 0 unspecified atom stereocenters. The Morgan fingerprint density at radius 1 is 0.833 bits per heavy atom. The molecule has 0 heterocycles. The molecule has 3 rings (SSSR count). The minimum atomic E-state index is 0.422. The van der Waals surface area contributed by atoms with E-state index in [-0.39, 0.29) is 0 Å². The zero-order chi connectivity index (χ0) is 17.1. The predicted octanol–water partition coefficient (Wildman–Crippen LogP) is 6.54. The Morgan fingerprint density at radius 3 is 1.83 bits per heavy atom. The summed E-state index contributed by atoms with van der Waals surface area (Å²) in [7, 11) is 0. The molecule has 0 bridgehead atoms. The lowest BCUT2D eigenvalue weighted by atomic mass is 9.70. The van der Waals surface area contributed by atoms with Gasteiger partial charge in [0.25, 0.3) is 0 Å². The minimum Gasteiger partial charge on any atom is -0.490 e. The van der Waals surface area contributed by atoms with Crippen LogP contribution in [-0.2, 0) is 0 Å². The van der Waals surface area contributed by atoms with Gasteiger partial charge in [-0.2, -0.15) is 0 Å². The van der Waals surface area contributed by atoms with E-state index in [9.17, 15) is 0 Å². The van der Waals surface area contributed by atoms with Gasteiger partial charge in [-0.25, -0.2) is 0 Å². The fourth-order valence-corrected chi connectivity index (χ4v) is 5.05. The van der Waals surface area contributed by atoms with E-state index in [1.165, 1.54) is 68.1 Å². The summed E-state index contributed by atoms with van der Waals surface area (Å²) < 4.78 is 6.43. The van der Waals surface area contributed by atoms with E-state index in [2.05, 4.69) is 45.6 Å². The summed E-state index contributed by atoms with van der Waals surface area (Å²) >= 11 is 0. The average molecular weight is 327 g/mol. The Labute approximate surface area is 148 Å². The molecular formula is C23H34O. The van der Waals surface area contributed by atoms with Gasteiger partial charge < -0.3 is 4.74 Å². The smallest absolute Gasteiger partial charge is 0.125 e. The molecule has 0 spiro atoms. The normalized spacial score (nSPS) is 30.8. The Bertz CT molecular complexity index is 534. The van der Waals surface area contributed by atoms with E-state index < -0.39 is 0 Å². The van der Waals surface area contributed by atoms with E-state index in [0.717, 1.165) is 23.5 Å². The molecule has 132 valence electrons. The third-order valence-electron chi connectivity index (χ3n) is 6.42. The summed E-state index contributed by atoms with van der Waals surface area (Å²) in [5.41, 5.74) is 3.91. The van der Waals surface area contributed by atoms with E-state index in [1.54, 1.807) is 0 Å². The molecule has 0 radical (unpaired) electrons. The molecule has 2 aliphatic carbocycles. The van der Waals surface area contributed by atoms with E-state index in [1.807, 2.05) is 0 Å². The lowest BCUT2D eigenvalue weighted by molar-refractivity contribution is 0.0944. The first kappa shape index (κ1) is 17.6. The maximum atomic E-state index is 6.43. The lowest BCUT2D eigenvalue weighted by Crippen LogP contribution is -2.30. The molecule has 0 amide bonds. The number of ether oxygens (including phenoxy) is 1. The van der Waals surface area contributed by atoms with Crippen molar-refractivity contribution in [1.29, 1.82) is 0 Å². The first-order chi connectivity index (χ1) is 11.6. The van der Waals surface area contributed by atoms with Crippen LogP contribution in [0.25, 0.3) is 0 Å². The topological polar surface area (TPSA) is 9.23 Å². The van der Waals surface area contributed by atoms with Crippen molar-refractivity contribution in [2.24, 2.45) is 17.8 Å². The van der Waals surface area contributed by atoms with Gasteiger partial charge in [-0.05, 0) is 101 Å². The molecule has 1 heteroatoms. The molecule has 1 nitrogen and oxygen atoms in total. The van der Waals surface area contributed by atoms with Gasteiger partial charge >= 0.3 is 0 Å². The standard InChI is InChI=1S/C23H34O/c1-5-19-6-8-20(9-7-19)21-10-12-22(13-11-21)24-23-17(3)14-16(2)15-18(23)4/h5,14-15,19-22H,1,6-13H2,2-4H3. The predicted molar refractivity (Wildman–Crippen MR) is 103 cm³/mol. The maximum absolute atomic E-state index is 6.43. The second kappa shape index (κ2) is 7.76. The Hall–Kier alpha value is -1.24. The first-order valence-corrected chi connectivity index (χ1v) is 9.94. The monoisotopic (exact) mass is 326 g/mol. The van der Waals surface area contributed by atoms with Crippen LogP contribution in [0.15, 0.2) is 24.8 Å². The van der Waals surface area contributed by atoms with Gasteiger partial charge in [0.2, 0.25) is 0 Å². The third kappa shape index (κ3) is 4.05. The molecule has 0 aromatic heterocycles. The summed E-state index contributed by atoms with van der Waals surface area (Å²) in [5, 5.41) is 0. The highest BCUT2D eigenvalue weighted by Crippen LogP contribution is 2.41. The summed E-state index contributed by atoms with van der Waals surface area (Å²) in [6.07, 6.45) is 13.4. The van der Waals surface area contributed by atoms with Crippen LogP contribution in [0.1, 0.15) is 68.1 Å². The molecular weight excluding hydrogens is 292 g/mol. The zero-order valence-corrected chi connectivity index (χ0v) is 15.8. The summed E-state index contributed by atoms with van der Waals surface area (Å²) in [6.45, 7) is 10.5. The fourth-order valence-electron chi connectivity index (χ4n) is 5.05. The number of aryl methyl sites for hydroxylation is 3. The highest BCUT2D eigenvalue weighted by atomic mass is 16.5. The average Bonchev–Trinajstić information content (AvgIpc) is 2.59. The second-order valence-electron chi connectivity index (χ2n) is 8.29. The van der Waals surface area contributed by atoms with Crippen molar-refractivity contribution in [3.63, 3.8) is 0 Å². The zero-order valence-electron chi connectivity index (χ0n) is 15.8. The van der Waals surface area contributed by atoms with Gasteiger partial charge in [0, 0.05) is 0 Å². The number of hydrogen-bond donors (Lipinski definition) is 0. The van der Waals surface area contributed by atoms with E-state index in [0.29, 0.717) is 6.10 Å². The quantitative estimate of drug-likeness (QED) is 0.571.